The van der Waals surface area contributed by atoms with Crippen LogP contribution in [-0.4, -0.2) is 49.1 Å². The van der Waals surface area contributed by atoms with E-state index in [1.54, 1.807) is 0 Å². The van der Waals surface area contributed by atoms with E-state index in [0.717, 1.165) is 12.0 Å². The van der Waals surface area contributed by atoms with Gasteiger partial charge in [-0.2, -0.15) is 11.8 Å². The maximum atomic E-state index is 3.51. The quantitative estimate of drug-likeness (QED) is 0.681. The minimum absolute atomic E-state index is 0.807. The van der Waals surface area contributed by atoms with Crippen molar-refractivity contribution in [3.05, 3.63) is 0 Å². The molecule has 2 fully saturated rings. The van der Waals surface area contributed by atoms with Gasteiger partial charge in [0.2, 0.25) is 0 Å². The van der Waals surface area contributed by atoms with Gasteiger partial charge in [-0.3, -0.25) is 0 Å². The Bertz CT molecular complexity index is 157. The standard InChI is InChI=1S/C10H20N2S/c1-12-5-4-11-7-10(12)9-3-2-6-13-8-9/h9-11H,2-8H2,1H3. The molecule has 2 saturated heterocycles. The lowest BCUT2D eigenvalue weighted by molar-refractivity contribution is 0.145. The molecule has 2 atom stereocenters. The Balaban J connectivity index is 1.88. The third-order valence-electron chi connectivity index (χ3n) is 3.30. The van der Waals surface area contributed by atoms with Crippen LogP contribution in [0, 0.1) is 5.92 Å². The zero-order valence-corrected chi connectivity index (χ0v) is 9.28. The van der Waals surface area contributed by atoms with Gasteiger partial charge in [0.15, 0.2) is 0 Å². The summed E-state index contributed by atoms with van der Waals surface area (Å²) in [7, 11) is 2.28. The van der Waals surface area contributed by atoms with Gasteiger partial charge in [-0.15, -0.1) is 0 Å². The Hall–Kier alpha value is 0.270. The number of nitrogens with zero attached hydrogens (tertiary/aromatic N) is 1. The average Bonchev–Trinajstić information content (AvgIpc) is 2.20. The third-order valence-corrected chi connectivity index (χ3v) is 4.54. The van der Waals surface area contributed by atoms with Gasteiger partial charge in [-0.25, -0.2) is 0 Å². The van der Waals surface area contributed by atoms with Gasteiger partial charge >= 0.3 is 0 Å². The maximum absolute atomic E-state index is 3.51. The number of piperazine rings is 1. The first-order chi connectivity index (χ1) is 6.38. The number of thioether (sulfide) groups is 1. The first-order valence-electron chi connectivity index (χ1n) is 5.36. The summed E-state index contributed by atoms with van der Waals surface area (Å²) in [4.78, 5) is 2.55. The van der Waals surface area contributed by atoms with E-state index in [4.69, 9.17) is 0 Å². The average molecular weight is 200 g/mol. The van der Waals surface area contributed by atoms with E-state index in [2.05, 4.69) is 29.0 Å². The molecule has 0 aromatic carbocycles. The molecular formula is C10H20N2S. The van der Waals surface area contributed by atoms with Crippen molar-refractivity contribution in [3.8, 4) is 0 Å². The molecule has 0 radical (unpaired) electrons. The fourth-order valence-corrected chi connectivity index (χ4v) is 3.65. The zero-order chi connectivity index (χ0) is 9.10. The normalized spacial score (nSPS) is 37.6. The highest BCUT2D eigenvalue weighted by atomic mass is 32.2. The largest absolute Gasteiger partial charge is 0.314 e. The van der Waals surface area contributed by atoms with Gasteiger partial charge in [-0.1, -0.05) is 0 Å². The van der Waals surface area contributed by atoms with E-state index >= 15 is 0 Å². The highest BCUT2D eigenvalue weighted by Gasteiger charge is 2.28. The van der Waals surface area contributed by atoms with E-state index in [9.17, 15) is 0 Å². The van der Waals surface area contributed by atoms with Crippen LogP contribution in [0.3, 0.4) is 0 Å². The van der Waals surface area contributed by atoms with E-state index in [-0.39, 0.29) is 0 Å². The highest BCUT2D eigenvalue weighted by Crippen LogP contribution is 2.27. The summed E-state index contributed by atoms with van der Waals surface area (Å²) in [5, 5.41) is 3.51. The molecule has 2 nitrogen and oxygen atoms in total. The van der Waals surface area contributed by atoms with Crippen LogP contribution in [0.5, 0.6) is 0 Å². The molecule has 1 N–H and O–H groups in total. The minimum atomic E-state index is 0.807. The molecule has 0 aliphatic carbocycles. The van der Waals surface area contributed by atoms with Crippen molar-refractivity contribution < 1.29 is 0 Å². The van der Waals surface area contributed by atoms with Gasteiger partial charge in [0.25, 0.3) is 0 Å². The highest BCUT2D eigenvalue weighted by molar-refractivity contribution is 7.99. The molecule has 2 rings (SSSR count). The van der Waals surface area contributed by atoms with Crippen LogP contribution in [0.4, 0.5) is 0 Å². The zero-order valence-electron chi connectivity index (χ0n) is 8.46. The van der Waals surface area contributed by atoms with Crippen LogP contribution in [0.2, 0.25) is 0 Å². The topological polar surface area (TPSA) is 15.3 Å². The van der Waals surface area contributed by atoms with Crippen molar-refractivity contribution in [2.45, 2.75) is 18.9 Å². The summed E-state index contributed by atoms with van der Waals surface area (Å²) in [6, 6.07) is 0.807. The summed E-state index contributed by atoms with van der Waals surface area (Å²) in [6.07, 6.45) is 2.88. The lowest BCUT2D eigenvalue weighted by Crippen LogP contribution is -2.53. The molecular weight excluding hydrogens is 180 g/mol. The summed E-state index contributed by atoms with van der Waals surface area (Å²) in [6.45, 7) is 3.61. The summed E-state index contributed by atoms with van der Waals surface area (Å²) >= 11 is 2.14. The lowest BCUT2D eigenvalue weighted by Gasteiger charge is -2.39. The lowest BCUT2D eigenvalue weighted by atomic mass is 9.94. The molecule has 0 bridgehead atoms. The number of hydrogen-bond donors (Lipinski definition) is 1. The van der Waals surface area contributed by atoms with E-state index in [0.29, 0.717) is 0 Å². The van der Waals surface area contributed by atoms with Crippen LogP contribution in [0.25, 0.3) is 0 Å². The summed E-state index contributed by atoms with van der Waals surface area (Å²) < 4.78 is 0. The second-order valence-corrected chi connectivity index (χ2v) is 5.38. The smallest absolute Gasteiger partial charge is 0.0254 e. The summed E-state index contributed by atoms with van der Waals surface area (Å²) in [5.41, 5.74) is 0. The van der Waals surface area contributed by atoms with Crippen molar-refractivity contribution in [1.82, 2.24) is 10.2 Å². The second-order valence-electron chi connectivity index (χ2n) is 4.23. The van der Waals surface area contributed by atoms with Gasteiger partial charge in [0.1, 0.15) is 0 Å². The van der Waals surface area contributed by atoms with Gasteiger partial charge in [0, 0.05) is 25.7 Å². The Morgan fingerprint density at radius 1 is 1.46 bits per heavy atom. The first-order valence-corrected chi connectivity index (χ1v) is 6.52. The predicted molar refractivity (Wildman–Crippen MR) is 59.3 cm³/mol. The Morgan fingerprint density at radius 2 is 2.38 bits per heavy atom. The fourth-order valence-electron chi connectivity index (χ4n) is 2.42. The molecule has 0 saturated carbocycles. The molecule has 0 amide bonds. The Morgan fingerprint density at radius 3 is 3.08 bits per heavy atom. The monoisotopic (exact) mass is 200 g/mol. The molecule has 13 heavy (non-hydrogen) atoms. The van der Waals surface area contributed by atoms with E-state index in [1.807, 2.05) is 0 Å². The molecule has 2 unspecified atom stereocenters. The van der Waals surface area contributed by atoms with Crippen LogP contribution >= 0.6 is 11.8 Å². The molecule has 2 heterocycles. The Labute approximate surface area is 85.4 Å². The summed E-state index contributed by atoms with van der Waals surface area (Å²) in [5.74, 6) is 3.72. The van der Waals surface area contributed by atoms with Crippen LogP contribution in [0.15, 0.2) is 0 Å². The van der Waals surface area contributed by atoms with Gasteiger partial charge in [0.05, 0.1) is 0 Å². The predicted octanol–water partition coefficient (Wildman–Crippen LogP) is 1.03. The van der Waals surface area contributed by atoms with Crippen molar-refractivity contribution in [2.75, 3.05) is 38.2 Å². The molecule has 76 valence electrons. The second kappa shape index (κ2) is 4.67. The first kappa shape index (κ1) is 9.81. The van der Waals surface area contributed by atoms with Crippen LogP contribution in [0.1, 0.15) is 12.8 Å². The maximum Gasteiger partial charge on any atom is 0.0254 e. The van der Waals surface area contributed by atoms with Crippen molar-refractivity contribution >= 4 is 11.8 Å². The van der Waals surface area contributed by atoms with Crippen molar-refractivity contribution in [3.63, 3.8) is 0 Å². The van der Waals surface area contributed by atoms with Crippen LogP contribution in [-0.2, 0) is 0 Å². The molecule has 0 spiro atoms. The molecule has 0 aromatic rings. The number of nitrogens with one attached hydrogen (secondary N) is 1. The number of likely N-dealkylation sites (N-methyl/N-ethyl adjacent to an activating group) is 1. The SMILES string of the molecule is CN1CCNCC1C1CCCSC1. The van der Waals surface area contributed by atoms with E-state index in [1.165, 1.54) is 44.0 Å². The Kier molecular flexibility index (Phi) is 3.52. The van der Waals surface area contributed by atoms with Crippen molar-refractivity contribution in [2.24, 2.45) is 5.92 Å². The van der Waals surface area contributed by atoms with Gasteiger partial charge < -0.3 is 10.2 Å². The molecule has 2 aliphatic rings. The third kappa shape index (κ3) is 2.39. The molecule has 3 heteroatoms. The molecule has 0 aromatic heterocycles. The van der Waals surface area contributed by atoms with Crippen LogP contribution < -0.4 is 5.32 Å². The van der Waals surface area contributed by atoms with Gasteiger partial charge in [-0.05, 0) is 37.3 Å². The van der Waals surface area contributed by atoms with E-state index < -0.39 is 0 Å². The minimum Gasteiger partial charge on any atom is -0.314 e. The fraction of sp³-hybridized carbons (Fsp3) is 1.00. The van der Waals surface area contributed by atoms with Crippen molar-refractivity contribution in [1.29, 1.82) is 0 Å². The number of hydrogen-bond acceptors (Lipinski definition) is 3. The number of rotatable bonds is 1. The molecule has 2 aliphatic heterocycles.